The summed E-state index contributed by atoms with van der Waals surface area (Å²) in [5.74, 6) is 2.27. The molecule has 9 heteroatoms. The summed E-state index contributed by atoms with van der Waals surface area (Å²) in [5, 5.41) is 9.48. The number of anilines is 1. The molecule has 2 aliphatic rings. The minimum absolute atomic E-state index is 0.163. The first kappa shape index (κ1) is 23.2. The molecule has 0 unspecified atom stereocenters. The smallest absolute Gasteiger partial charge is 0.366 e. The van der Waals surface area contributed by atoms with Crippen molar-refractivity contribution in [2.45, 2.75) is 44.1 Å². The van der Waals surface area contributed by atoms with Gasteiger partial charge in [0.05, 0.1) is 5.56 Å². The summed E-state index contributed by atoms with van der Waals surface area (Å²) in [6.07, 6.45) is -0.337. The Morgan fingerprint density at radius 1 is 1.22 bits per heavy atom. The first-order valence-electron chi connectivity index (χ1n) is 11.1. The second-order valence-electron chi connectivity index (χ2n) is 8.62. The summed E-state index contributed by atoms with van der Waals surface area (Å²) in [7, 11) is 1.99. The molecule has 0 N–H and O–H groups in total. The Balaban J connectivity index is 1.31. The van der Waals surface area contributed by atoms with E-state index in [1.54, 1.807) is 23.9 Å². The number of allylic oxidation sites excluding steroid dienone is 2. The van der Waals surface area contributed by atoms with Crippen molar-refractivity contribution in [1.82, 2.24) is 19.7 Å². The fraction of sp³-hybridized carbons (Fsp3) is 0.565. The molecule has 2 aromatic rings. The van der Waals surface area contributed by atoms with E-state index in [1.807, 2.05) is 36.4 Å². The molecule has 0 radical (unpaired) electrons. The number of aromatic nitrogens is 3. The summed E-state index contributed by atoms with van der Waals surface area (Å²) >= 11 is 1.70. The molecule has 3 heterocycles. The van der Waals surface area contributed by atoms with E-state index in [-0.39, 0.29) is 6.04 Å². The first-order valence-corrected chi connectivity index (χ1v) is 12.1. The Hall–Kier alpha value is -2.00. The van der Waals surface area contributed by atoms with E-state index in [4.69, 9.17) is 0 Å². The van der Waals surface area contributed by atoms with Crippen molar-refractivity contribution in [2.75, 3.05) is 36.8 Å². The fourth-order valence-corrected chi connectivity index (χ4v) is 5.69. The van der Waals surface area contributed by atoms with Crippen LogP contribution in [0.25, 0.3) is 5.57 Å². The van der Waals surface area contributed by atoms with E-state index in [2.05, 4.69) is 15.1 Å². The molecule has 1 aromatic heterocycles. The zero-order valence-electron chi connectivity index (χ0n) is 18.8. The molecule has 32 heavy (non-hydrogen) atoms. The topological polar surface area (TPSA) is 37.2 Å². The van der Waals surface area contributed by atoms with Crippen LogP contribution in [0.3, 0.4) is 0 Å². The Morgan fingerprint density at radius 3 is 2.75 bits per heavy atom. The lowest BCUT2D eigenvalue weighted by molar-refractivity contribution is -0.137. The highest BCUT2D eigenvalue weighted by atomic mass is 32.2. The van der Waals surface area contributed by atoms with E-state index in [0.29, 0.717) is 18.2 Å². The molecule has 2 saturated heterocycles. The van der Waals surface area contributed by atoms with E-state index < -0.39 is 11.7 Å². The third-order valence-corrected chi connectivity index (χ3v) is 7.72. The molecule has 1 aromatic carbocycles. The van der Waals surface area contributed by atoms with Crippen LogP contribution in [0.5, 0.6) is 0 Å². The summed E-state index contributed by atoms with van der Waals surface area (Å²) in [6, 6.07) is 6.16. The van der Waals surface area contributed by atoms with Crippen LogP contribution in [0.2, 0.25) is 0 Å². The van der Waals surface area contributed by atoms with Crippen molar-refractivity contribution in [3.05, 3.63) is 41.7 Å². The third kappa shape index (κ3) is 4.69. The summed E-state index contributed by atoms with van der Waals surface area (Å²) in [6.45, 7) is 7.47. The van der Waals surface area contributed by atoms with Crippen LogP contribution in [-0.2, 0) is 13.2 Å². The average molecular weight is 466 g/mol. The molecule has 4 rings (SSSR count). The van der Waals surface area contributed by atoms with Gasteiger partial charge in [-0.2, -0.15) is 13.2 Å². The van der Waals surface area contributed by atoms with Crippen molar-refractivity contribution >= 4 is 23.0 Å². The predicted octanol–water partition coefficient (Wildman–Crippen LogP) is 4.95. The minimum Gasteiger partial charge on any atom is -0.366 e. The number of nitrogens with zero attached hydrogens (tertiary/aromatic N) is 5. The lowest BCUT2D eigenvalue weighted by Gasteiger charge is -2.29. The number of alkyl halides is 3. The number of hydrogen-bond acceptors (Lipinski definition) is 5. The number of thioether (sulfide) groups is 1. The monoisotopic (exact) mass is 465 g/mol. The molecule has 174 valence electrons. The molecule has 0 amide bonds. The lowest BCUT2D eigenvalue weighted by atomic mass is 10.0. The van der Waals surface area contributed by atoms with Gasteiger partial charge in [-0.15, -0.1) is 10.2 Å². The van der Waals surface area contributed by atoms with Gasteiger partial charge in [0.1, 0.15) is 0 Å². The van der Waals surface area contributed by atoms with Crippen molar-refractivity contribution in [3.63, 3.8) is 0 Å². The number of para-hydroxylation sites is 1. The predicted molar refractivity (Wildman–Crippen MR) is 123 cm³/mol. The van der Waals surface area contributed by atoms with E-state index >= 15 is 0 Å². The van der Waals surface area contributed by atoms with Gasteiger partial charge in [-0.3, -0.25) is 0 Å². The molecule has 0 bridgehead atoms. The Labute approximate surface area is 191 Å². The molecular weight excluding hydrogens is 435 g/mol. The Morgan fingerprint density at radius 2 is 2.00 bits per heavy atom. The SMILES string of the molecule is C/C=C(\C)c1nnc(SCCCN2C[C@@H]3CCN(c4ccccc4C(F)(F)F)[C@@H]3C2)n1C. The average Bonchev–Trinajstić information content (AvgIpc) is 3.44. The van der Waals surface area contributed by atoms with Crippen LogP contribution < -0.4 is 4.90 Å². The molecule has 0 aliphatic carbocycles. The second-order valence-corrected chi connectivity index (χ2v) is 9.68. The van der Waals surface area contributed by atoms with Crippen molar-refractivity contribution in [3.8, 4) is 0 Å². The maximum Gasteiger partial charge on any atom is 0.418 e. The molecule has 0 saturated carbocycles. The van der Waals surface area contributed by atoms with Gasteiger partial charge in [0.25, 0.3) is 0 Å². The standard InChI is InChI=1S/C23H30F3N5S/c1-4-16(2)21-27-28-22(29(21)3)32-13-7-11-30-14-17-10-12-31(20(17)15-30)19-9-6-5-8-18(19)23(24,25)26/h4-6,8-9,17,20H,7,10-15H2,1-3H3/b16-4+/t17-,20+/m0/s1. The Bertz CT molecular complexity index is 971. The van der Waals surface area contributed by atoms with E-state index in [1.165, 1.54) is 12.1 Å². The van der Waals surface area contributed by atoms with Gasteiger partial charge in [0, 0.05) is 44.2 Å². The van der Waals surface area contributed by atoms with Gasteiger partial charge in [-0.05, 0) is 56.9 Å². The lowest BCUT2D eigenvalue weighted by Crippen LogP contribution is -2.36. The maximum atomic E-state index is 13.5. The summed E-state index contributed by atoms with van der Waals surface area (Å²) in [5.41, 5.74) is 0.915. The van der Waals surface area contributed by atoms with Gasteiger partial charge >= 0.3 is 6.18 Å². The van der Waals surface area contributed by atoms with Crippen LogP contribution in [0, 0.1) is 5.92 Å². The highest BCUT2D eigenvalue weighted by Crippen LogP contribution is 2.41. The van der Waals surface area contributed by atoms with Crippen molar-refractivity contribution in [2.24, 2.45) is 13.0 Å². The van der Waals surface area contributed by atoms with Gasteiger partial charge in [-0.1, -0.05) is 30.0 Å². The van der Waals surface area contributed by atoms with E-state index in [9.17, 15) is 13.2 Å². The summed E-state index contributed by atoms with van der Waals surface area (Å²) < 4.78 is 42.5. The van der Waals surface area contributed by atoms with Crippen LogP contribution in [0.1, 0.15) is 38.1 Å². The van der Waals surface area contributed by atoms with Crippen molar-refractivity contribution in [1.29, 1.82) is 0 Å². The van der Waals surface area contributed by atoms with Gasteiger partial charge < -0.3 is 14.4 Å². The van der Waals surface area contributed by atoms with Gasteiger partial charge in [0.15, 0.2) is 11.0 Å². The highest BCUT2D eigenvalue weighted by Gasteiger charge is 2.44. The van der Waals surface area contributed by atoms with Gasteiger partial charge in [-0.25, -0.2) is 0 Å². The zero-order valence-corrected chi connectivity index (χ0v) is 19.6. The third-order valence-electron chi connectivity index (χ3n) is 6.61. The van der Waals surface area contributed by atoms with Crippen LogP contribution >= 0.6 is 11.8 Å². The van der Waals surface area contributed by atoms with Crippen LogP contribution in [-0.4, -0.2) is 57.6 Å². The van der Waals surface area contributed by atoms with Gasteiger partial charge in [0.2, 0.25) is 0 Å². The maximum absolute atomic E-state index is 13.5. The van der Waals surface area contributed by atoms with Crippen LogP contribution in [0.15, 0.2) is 35.5 Å². The normalized spacial score (nSPS) is 22.1. The zero-order chi connectivity index (χ0) is 22.9. The molecule has 2 aliphatic heterocycles. The first-order chi connectivity index (χ1) is 15.3. The number of hydrogen-bond donors (Lipinski definition) is 0. The fourth-order valence-electron chi connectivity index (χ4n) is 4.86. The number of fused-ring (bicyclic) bond motifs is 1. The molecule has 2 fully saturated rings. The van der Waals surface area contributed by atoms with Crippen molar-refractivity contribution < 1.29 is 13.2 Å². The summed E-state index contributed by atoms with van der Waals surface area (Å²) in [4.78, 5) is 4.40. The number of halogens is 3. The van der Waals surface area contributed by atoms with Crippen LogP contribution in [0.4, 0.5) is 18.9 Å². The molecule has 2 atom stereocenters. The van der Waals surface area contributed by atoms with E-state index in [0.717, 1.165) is 54.8 Å². The molecular formula is C23H30F3N5S. The second kappa shape index (κ2) is 9.47. The largest absolute Gasteiger partial charge is 0.418 e. The number of likely N-dealkylation sites (tertiary alicyclic amines) is 1. The Kier molecular flexibility index (Phi) is 6.86. The molecule has 5 nitrogen and oxygen atoms in total. The number of rotatable bonds is 7. The quantitative estimate of drug-likeness (QED) is 0.427. The minimum atomic E-state index is -4.32. The highest BCUT2D eigenvalue weighted by molar-refractivity contribution is 7.99. The molecule has 0 spiro atoms. The number of benzene rings is 1.